The molecule has 3 nitrogen and oxygen atoms in total. The highest BCUT2D eigenvalue weighted by atomic mass is 15.0. The van der Waals surface area contributed by atoms with Crippen molar-refractivity contribution < 1.29 is 0 Å². The number of pyridine rings is 1. The van der Waals surface area contributed by atoms with Crippen molar-refractivity contribution in [3.63, 3.8) is 0 Å². The molecule has 0 aliphatic heterocycles. The van der Waals surface area contributed by atoms with E-state index in [1.807, 2.05) is 18.2 Å². The Hall–Kier alpha value is -1.56. The quantitative estimate of drug-likeness (QED) is 0.818. The van der Waals surface area contributed by atoms with Gasteiger partial charge in [0.15, 0.2) is 0 Å². The van der Waals surface area contributed by atoms with Gasteiger partial charge in [-0.1, -0.05) is 26.3 Å². The van der Waals surface area contributed by atoms with E-state index in [0.717, 1.165) is 12.2 Å². The van der Waals surface area contributed by atoms with Crippen LogP contribution in [0, 0.1) is 17.2 Å². The largest absolute Gasteiger partial charge is 0.367 e. The van der Waals surface area contributed by atoms with E-state index in [2.05, 4.69) is 31.1 Å². The predicted molar refractivity (Wildman–Crippen MR) is 61.5 cm³/mol. The van der Waals surface area contributed by atoms with Crippen LogP contribution in [-0.4, -0.2) is 11.0 Å². The molecule has 2 unspecified atom stereocenters. The number of anilines is 1. The highest BCUT2D eigenvalue weighted by Gasteiger charge is 2.10. The lowest BCUT2D eigenvalue weighted by Crippen LogP contribution is -2.23. The highest BCUT2D eigenvalue weighted by molar-refractivity contribution is 5.39. The van der Waals surface area contributed by atoms with E-state index in [-0.39, 0.29) is 0 Å². The normalized spacial score (nSPS) is 14.0. The smallest absolute Gasteiger partial charge is 0.142 e. The molecule has 0 bridgehead atoms. The molecule has 0 fully saturated rings. The SMILES string of the molecule is CCC(C)C(C)Nc1cccc(C#N)n1. The van der Waals surface area contributed by atoms with E-state index in [1.54, 1.807) is 6.07 Å². The summed E-state index contributed by atoms with van der Waals surface area (Å²) in [7, 11) is 0. The van der Waals surface area contributed by atoms with Crippen molar-refractivity contribution in [2.75, 3.05) is 5.32 Å². The van der Waals surface area contributed by atoms with E-state index >= 15 is 0 Å². The Morgan fingerprint density at radius 2 is 2.20 bits per heavy atom. The predicted octanol–water partition coefficient (Wildman–Crippen LogP) is 2.80. The molecule has 0 aliphatic carbocycles. The summed E-state index contributed by atoms with van der Waals surface area (Å²) in [6, 6.07) is 7.84. The zero-order valence-electron chi connectivity index (χ0n) is 9.49. The van der Waals surface area contributed by atoms with Crippen LogP contribution >= 0.6 is 0 Å². The zero-order valence-corrected chi connectivity index (χ0v) is 9.49. The van der Waals surface area contributed by atoms with E-state index in [4.69, 9.17) is 5.26 Å². The van der Waals surface area contributed by atoms with Crippen LogP contribution in [0.3, 0.4) is 0 Å². The Morgan fingerprint density at radius 3 is 2.80 bits per heavy atom. The molecule has 80 valence electrons. The lowest BCUT2D eigenvalue weighted by atomic mass is 10.0. The van der Waals surface area contributed by atoms with Crippen LogP contribution in [0.2, 0.25) is 0 Å². The molecule has 0 spiro atoms. The molecule has 1 rings (SSSR count). The molecule has 1 aromatic heterocycles. The first-order valence-electron chi connectivity index (χ1n) is 5.31. The lowest BCUT2D eigenvalue weighted by molar-refractivity contribution is 0.493. The van der Waals surface area contributed by atoms with Crippen LogP contribution in [0.4, 0.5) is 5.82 Å². The van der Waals surface area contributed by atoms with E-state index in [9.17, 15) is 0 Å². The number of hydrogen-bond donors (Lipinski definition) is 1. The van der Waals surface area contributed by atoms with Gasteiger partial charge in [-0.15, -0.1) is 0 Å². The van der Waals surface area contributed by atoms with Crippen molar-refractivity contribution in [3.05, 3.63) is 23.9 Å². The number of hydrogen-bond acceptors (Lipinski definition) is 3. The Balaban J connectivity index is 2.68. The molecule has 1 aromatic rings. The fourth-order valence-corrected chi connectivity index (χ4v) is 1.31. The Kier molecular flexibility index (Phi) is 4.11. The van der Waals surface area contributed by atoms with Crippen molar-refractivity contribution >= 4 is 5.82 Å². The van der Waals surface area contributed by atoms with Crippen LogP contribution in [0.5, 0.6) is 0 Å². The summed E-state index contributed by atoms with van der Waals surface area (Å²) in [6.45, 7) is 6.50. The maximum absolute atomic E-state index is 8.71. The van der Waals surface area contributed by atoms with Crippen LogP contribution in [0.15, 0.2) is 18.2 Å². The third-order valence-electron chi connectivity index (χ3n) is 2.74. The molecule has 0 saturated carbocycles. The fourth-order valence-electron chi connectivity index (χ4n) is 1.31. The van der Waals surface area contributed by atoms with Crippen molar-refractivity contribution in [1.82, 2.24) is 4.98 Å². The van der Waals surface area contributed by atoms with Crippen molar-refractivity contribution in [1.29, 1.82) is 5.26 Å². The number of rotatable bonds is 4. The van der Waals surface area contributed by atoms with Gasteiger partial charge in [0.1, 0.15) is 17.6 Å². The molecule has 0 saturated heterocycles. The number of aromatic nitrogens is 1. The van der Waals surface area contributed by atoms with Gasteiger partial charge < -0.3 is 5.32 Å². The second kappa shape index (κ2) is 5.35. The monoisotopic (exact) mass is 203 g/mol. The second-order valence-electron chi connectivity index (χ2n) is 3.84. The van der Waals surface area contributed by atoms with Crippen molar-refractivity contribution in [3.8, 4) is 6.07 Å². The number of nitriles is 1. The minimum absolute atomic E-state index is 0.372. The minimum atomic E-state index is 0.372. The molecular formula is C12H17N3. The molecule has 0 aromatic carbocycles. The molecule has 0 radical (unpaired) electrons. The van der Waals surface area contributed by atoms with Gasteiger partial charge >= 0.3 is 0 Å². The summed E-state index contributed by atoms with van der Waals surface area (Å²) in [5.74, 6) is 1.37. The third-order valence-corrected chi connectivity index (χ3v) is 2.74. The topological polar surface area (TPSA) is 48.7 Å². The van der Waals surface area contributed by atoms with Gasteiger partial charge in [0.2, 0.25) is 0 Å². The van der Waals surface area contributed by atoms with Gasteiger partial charge in [-0.3, -0.25) is 0 Å². The molecule has 1 heterocycles. The highest BCUT2D eigenvalue weighted by Crippen LogP contribution is 2.13. The molecule has 0 amide bonds. The molecule has 3 heteroatoms. The van der Waals surface area contributed by atoms with Crippen LogP contribution in [0.1, 0.15) is 32.9 Å². The van der Waals surface area contributed by atoms with Gasteiger partial charge in [0, 0.05) is 6.04 Å². The van der Waals surface area contributed by atoms with Gasteiger partial charge in [-0.2, -0.15) is 5.26 Å². The summed E-state index contributed by atoms with van der Waals surface area (Å²) in [5, 5.41) is 12.0. The number of nitrogens with zero attached hydrogens (tertiary/aromatic N) is 2. The first-order chi connectivity index (χ1) is 7.17. The maximum atomic E-state index is 8.71. The Bertz CT molecular complexity index is 354. The second-order valence-corrected chi connectivity index (χ2v) is 3.84. The number of nitrogens with one attached hydrogen (secondary N) is 1. The first-order valence-corrected chi connectivity index (χ1v) is 5.31. The summed E-state index contributed by atoms with van der Waals surface area (Å²) in [4.78, 5) is 4.18. The van der Waals surface area contributed by atoms with Crippen molar-refractivity contribution in [2.24, 2.45) is 5.92 Å². The van der Waals surface area contributed by atoms with Gasteiger partial charge in [0.25, 0.3) is 0 Å². The summed E-state index contributed by atoms with van der Waals surface area (Å²) >= 11 is 0. The molecule has 2 atom stereocenters. The average Bonchev–Trinajstić information content (AvgIpc) is 2.28. The summed E-state index contributed by atoms with van der Waals surface area (Å²) in [6.07, 6.45) is 1.13. The Morgan fingerprint density at radius 1 is 1.47 bits per heavy atom. The van der Waals surface area contributed by atoms with Gasteiger partial charge in [-0.05, 0) is 25.0 Å². The van der Waals surface area contributed by atoms with Crippen LogP contribution in [0.25, 0.3) is 0 Å². The van der Waals surface area contributed by atoms with Crippen molar-refractivity contribution in [2.45, 2.75) is 33.2 Å². The summed E-state index contributed by atoms with van der Waals surface area (Å²) < 4.78 is 0. The standard InChI is InChI=1S/C12H17N3/c1-4-9(2)10(3)14-12-7-5-6-11(8-13)15-12/h5-7,9-10H,4H2,1-3H3,(H,14,15). The van der Waals surface area contributed by atoms with Crippen LogP contribution < -0.4 is 5.32 Å². The zero-order chi connectivity index (χ0) is 11.3. The van der Waals surface area contributed by atoms with E-state index < -0.39 is 0 Å². The van der Waals surface area contributed by atoms with Gasteiger partial charge in [-0.25, -0.2) is 4.98 Å². The third kappa shape index (κ3) is 3.25. The molecular weight excluding hydrogens is 186 g/mol. The van der Waals surface area contributed by atoms with Crippen LogP contribution in [-0.2, 0) is 0 Å². The fraction of sp³-hybridized carbons (Fsp3) is 0.500. The van der Waals surface area contributed by atoms with Gasteiger partial charge in [0.05, 0.1) is 0 Å². The maximum Gasteiger partial charge on any atom is 0.142 e. The van der Waals surface area contributed by atoms with E-state index in [1.165, 1.54) is 0 Å². The lowest BCUT2D eigenvalue weighted by Gasteiger charge is -2.20. The molecule has 15 heavy (non-hydrogen) atoms. The average molecular weight is 203 g/mol. The summed E-state index contributed by atoms with van der Waals surface area (Å²) in [5.41, 5.74) is 0.455. The molecule has 0 aliphatic rings. The van der Waals surface area contributed by atoms with E-state index in [0.29, 0.717) is 17.7 Å². The molecule has 1 N–H and O–H groups in total. The minimum Gasteiger partial charge on any atom is -0.367 e. The Labute approximate surface area is 91.1 Å². The first kappa shape index (κ1) is 11.5.